The minimum absolute atomic E-state index is 0.322. The molecule has 0 spiro atoms. The van der Waals surface area contributed by atoms with Crippen LogP contribution < -0.4 is 0 Å². The monoisotopic (exact) mass is 329 g/mol. The second-order valence-corrected chi connectivity index (χ2v) is 6.86. The van der Waals surface area contributed by atoms with E-state index in [0.717, 1.165) is 16.3 Å². The molecule has 0 radical (unpaired) electrons. The maximum absolute atomic E-state index is 12.5. The number of imidazole rings is 1. The average Bonchev–Trinajstić information content (AvgIpc) is 3.03. The molecule has 3 aromatic rings. The smallest absolute Gasteiger partial charge is 0.256 e. The first-order valence-electron chi connectivity index (χ1n) is 7.39. The van der Waals surface area contributed by atoms with Crippen molar-refractivity contribution in [2.24, 2.45) is 0 Å². The zero-order valence-corrected chi connectivity index (χ0v) is 14.2. The van der Waals surface area contributed by atoms with Crippen LogP contribution in [-0.2, 0) is 11.3 Å². The molecule has 0 fully saturated rings. The Morgan fingerprint density at radius 3 is 2.74 bits per heavy atom. The minimum Gasteiger partial charge on any atom is -0.378 e. The number of nitrogens with zero attached hydrogens (tertiary/aromatic N) is 3. The number of rotatable bonds is 4. The quantitative estimate of drug-likeness (QED) is 0.801. The molecule has 120 valence electrons. The molecule has 0 bridgehead atoms. The summed E-state index contributed by atoms with van der Waals surface area (Å²) in [6.07, 6.45) is 0.885. The summed E-state index contributed by atoms with van der Waals surface area (Å²) in [5.41, 5.74) is 2.48. The van der Waals surface area contributed by atoms with E-state index in [1.54, 1.807) is 35.4 Å². The first-order valence-corrected chi connectivity index (χ1v) is 8.21. The number of benzene rings is 1. The Bertz CT molecular complexity index is 838. The zero-order chi connectivity index (χ0) is 16.6. The molecule has 6 heteroatoms. The lowest BCUT2D eigenvalue weighted by molar-refractivity contribution is -0.139. The summed E-state index contributed by atoms with van der Waals surface area (Å²) in [4.78, 5) is 20.6. The van der Waals surface area contributed by atoms with E-state index in [-0.39, 0.29) is 5.91 Å². The highest BCUT2D eigenvalue weighted by Gasteiger charge is 2.23. The van der Waals surface area contributed by atoms with Crippen molar-refractivity contribution < 1.29 is 9.90 Å². The fourth-order valence-electron chi connectivity index (χ4n) is 2.59. The molecule has 1 atom stereocenters. The van der Waals surface area contributed by atoms with Gasteiger partial charge in [-0.15, -0.1) is 11.3 Å². The maximum Gasteiger partial charge on any atom is 0.256 e. The Labute approximate surface area is 138 Å². The van der Waals surface area contributed by atoms with Gasteiger partial charge < -0.3 is 10.0 Å². The lowest BCUT2D eigenvalue weighted by atomic mass is 10.1. The Morgan fingerprint density at radius 2 is 2.04 bits per heavy atom. The van der Waals surface area contributed by atoms with Crippen LogP contribution in [-0.4, -0.2) is 32.3 Å². The summed E-state index contributed by atoms with van der Waals surface area (Å²) in [6.45, 7) is 4.38. The number of fused-ring (bicyclic) bond motifs is 1. The van der Waals surface area contributed by atoms with Gasteiger partial charge in [0.2, 0.25) is 0 Å². The van der Waals surface area contributed by atoms with Gasteiger partial charge in [-0.1, -0.05) is 30.3 Å². The predicted octanol–water partition coefficient (Wildman–Crippen LogP) is 2.70. The molecule has 0 saturated carbocycles. The van der Waals surface area contributed by atoms with E-state index in [0.29, 0.717) is 12.1 Å². The number of carbonyl (C=O) groups excluding carboxylic acids is 1. The molecule has 0 aliphatic carbocycles. The van der Waals surface area contributed by atoms with E-state index in [9.17, 15) is 9.90 Å². The molecule has 23 heavy (non-hydrogen) atoms. The van der Waals surface area contributed by atoms with Crippen LogP contribution in [0.1, 0.15) is 27.9 Å². The van der Waals surface area contributed by atoms with Crippen LogP contribution >= 0.6 is 11.3 Å². The Balaban J connectivity index is 1.81. The number of carbonyl (C=O) groups is 1. The number of thiazole rings is 1. The highest BCUT2D eigenvalue weighted by molar-refractivity contribution is 7.17. The van der Waals surface area contributed by atoms with Crippen molar-refractivity contribution in [1.82, 2.24) is 14.3 Å². The molecule has 1 unspecified atom stereocenters. The molecule has 1 amide bonds. The van der Waals surface area contributed by atoms with Crippen molar-refractivity contribution in [3.63, 3.8) is 0 Å². The molecule has 2 aromatic heterocycles. The Hall–Kier alpha value is -2.18. The summed E-state index contributed by atoms with van der Waals surface area (Å²) >= 11 is 1.62. The summed E-state index contributed by atoms with van der Waals surface area (Å²) in [5.74, 6) is -0.322. The normalized spacial score (nSPS) is 12.5. The highest BCUT2D eigenvalue weighted by atomic mass is 32.1. The van der Waals surface area contributed by atoms with Gasteiger partial charge in [-0.3, -0.25) is 9.20 Å². The third kappa shape index (κ3) is 3.00. The van der Waals surface area contributed by atoms with E-state index >= 15 is 0 Å². The van der Waals surface area contributed by atoms with Gasteiger partial charge >= 0.3 is 0 Å². The van der Waals surface area contributed by atoms with Crippen molar-refractivity contribution in [1.29, 1.82) is 0 Å². The largest absolute Gasteiger partial charge is 0.378 e. The van der Waals surface area contributed by atoms with Crippen molar-refractivity contribution in [3.8, 4) is 0 Å². The fraction of sp³-hybridized carbons (Fsp3) is 0.294. The van der Waals surface area contributed by atoms with E-state index < -0.39 is 6.10 Å². The van der Waals surface area contributed by atoms with Gasteiger partial charge in [0.1, 0.15) is 0 Å². The molecule has 5 nitrogen and oxygen atoms in total. The number of likely N-dealkylation sites (N-methyl/N-ethyl adjacent to an activating group) is 1. The van der Waals surface area contributed by atoms with E-state index in [4.69, 9.17) is 0 Å². The number of hydrogen-bond acceptors (Lipinski definition) is 4. The molecule has 0 aliphatic rings. The highest BCUT2D eigenvalue weighted by Crippen LogP contribution is 2.22. The van der Waals surface area contributed by atoms with Gasteiger partial charge in [0.05, 0.1) is 17.9 Å². The number of aryl methyl sites for hydroxylation is 2. The van der Waals surface area contributed by atoms with Gasteiger partial charge in [0.15, 0.2) is 11.1 Å². The summed E-state index contributed by atoms with van der Waals surface area (Å²) < 4.78 is 2.02. The van der Waals surface area contributed by atoms with Gasteiger partial charge in [-0.25, -0.2) is 4.98 Å². The van der Waals surface area contributed by atoms with Crippen LogP contribution in [0.3, 0.4) is 0 Å². The number of amides is 1. The number of aliphatic hydroxyl groups is 1. The molecule has 0 saturated heterocycles. The van der Waals surface area contributed by atoms with Crippen LogP contribution in [0, 0.1) is 13.8 Å². The van der Waals surface area contributed by atoms with Crippen molar-refractivity contribution in [2.45, 2.75) is 26.5 Å². The predicted molar refractivity (Wildman–Crippen MR) is 90.4 cm³/mol. The van der Waals surface area contributed by atoms with E-state index in [1.807, 2.05) is 42.6 Å². The maximum atomic E-state index is 12.5. The molecule has 3 rings (SSSR count). The molecule has 2 heterocycles. The third-order valence-electron chi connectivity index (χ3n) is 3.85. The van der Waals surface area contributed by atoms with Gasteiger partial charge in [-0.2, -0.15) is 0 Å². The number of aliphatic hydroxyl groups excluding tert-OH is 1. The lowest BCUT2D eigenvalue weighted by Gasteiger charge is -2.21. The van der Waals surface area contributed by atoms with Gasteiger partial charge in [0, 0.05) is 18.1 Å². The Kier molecular flexibility index (Phi) is 4.19. The van der Waals surface area contributed by atoms with Crippen LogP contribution in [0.4, 0.5) is 0 Å². The zero-order valence-electron chi connectivity index (χ0n) is 13.4. The topological polar surface area (TPSA) is 57.8 Å². The van der Waals surface area contributed by atoms with Crippen molar-refractivity contribution in [2.75, 3.05) is 7.05 Å². The molecular weight excluding hydrogens is 310 g/mol. The third-order valence-corrected chi connectivity index (χ3v) is 4.75. The summed E-state index contributed by atoms with van der Waals surface area (Å²) in [5, 5.41) is 10.3. The molecular formula is C17H19N3O2S. The number of hydrogen-bond donors (Lipinski definition) is 1. The average molecular weight is 329 g/mol. The SMILES string of the molecule is Cc1cn2c(CN(C)C(=O)C(O)c3ccccc3)c(C)nc2s1. The standard InChI is InChI=1S/C17H19N3O2S/c1-11-9-20-14(12(2)18-17(20)23-11)10-19(3)16(22)15(21)13-7-5-4-6-8-13/h4-9,15,21H,10H2,1-3H3. The van der Waals surface area contributed by atoms with Crippen molar-refractivity contribution >= 4 is 22.2 Å². The van der Waals surface area contributed by atoms with Crippen molar-refractivity contribution in [3.05, 3.63) is 58.4 Å². The summed E-state index contributed by atoms with van der Waals surface area (Å²) in [7, 11) is 1.70. The van der Waals surface area contributed by atoms with Gasteiger partial charge in [0.25, 0.3) is 5.91 Å². The van der Waals surface area contributed by atoms with Gasteiger partial charge in [-0.05, 0) is 19.4 Å². The lowest BCUT2D eigenvalue weighted by Crippen LogP contribution is -2.31. The second kappa shape index (κ2) is 6.14. The number of aromatic nitrogens is 2. The van der Waals surface area contributed by atoms with Crippen LogP contribution in [0.5, 0.6) is 0 Å². The minimum atomic E-state index is -1.14. The Morgan fingerprint density at radius 1 is 1.35 bits per heavy atom. The van der Waals surface area contributed by atoms with E-state index in [1.165, 1.54) is 4.88 Å². The first-order chi connectivity index (χ1) is 11.0. The second-order valence-electron chi connectivity index (χ2n) is 5.65. The molecule has 0 aliphatic heterocycles. The fourth-order valence-corrected chi connectivity index (χ4v) is 3.48. The molecule has 1 aromatic carbocycles. The van der Waals surface area contributed by atoms with Crippen LogP contribution in [0.15, 0.2) is 36.5 Å². The van der Waals surface area contributed by atoms with Crippen LogP contribution in [0.2, 0.25) is 0 Å². The first kappa shape index (κ1) is 15.7. The summed E-state index contributed by atoms with van der Waals surface area (Å²) in [6, 6.07) is 8.98. The molecule has 1 N–H and O–H groups in total. The van der Waals surface area contributed by atoms with Crippen LogP contribution in [0.25, 0.3) is 4.96 Å². The van der Waals surface area contributed by atoms with E-state index in [2.05, 4.69) is 4.98 Å².